The number of carbonyl (C=O) groups is 2. The molecule has 36 heavy (non-hydrogen) atoms. The number of sulfonamides is 1. The van der Waals surface area contributed by atoms with E-state index < -0.39 is 28.5 Å². The molecule has 2 rings (SSSR count). The molecule has 0 saturated heterocycles. The summed E-state index contributed by atoms with van der Waals surface area (Å²) in [5.41, 5.74) is 0.930. The number of benzene rings is 2. The molecule has 11 heteroatoms. The number of hydrogen-bond donors (Lipinski definition) is 1. The molecule has 0 aliphatic heterocycles. The lowest BCUT2D eigenvalue weighted by Crippen LogP contribution is -2.51. The van der Waals surface area contributed by atoms with Gasteiger partial charge in [-0.25, -0.2) is 8.42 Å². The number of methoxy groups -OCH3 is 2. The Hall–Kier alpha value is -2.98. The van der Waals surface area contributed by atoms with Crippen LogP contribution in [0.25, 0.3) is 0 Å². The maximum Gasteiger partial charge on any atom is 0.244 e. The fourth-order valence-electron chi connectivity index (χ4n) is 3.46. The topological polar surface area (TPSA) is 105 Å². The van der Waals surface area contributed by atoms with Gasteiger partial charge >= 0.3 is 0 Å². The molecule has 198 valence electrons. The molecule has 2 aromatic rings. The highest BCUT2D eigenvalue weighted by Crippen LogP contribution is 2.32. The largest absolute Gasteiger partial charge is 0.493 e. The number of rotatable bonds is 12. The Morgan fingerprint density at radius 2 is 1.69 bits per heavy atom. The van der Waals surface area contributed by atoms with E-state index in [4.69, 9.17) is 21.1 Å². The predicted molar refractivity (Wildman–Crippen MR) is 141 cm³/mol. The van der Waals surface area contributed by atoms with E-state index in [9.17, 15) is 18.0 Å². The van der Waals surface area contributed by atoms with E-state index in [0.717, 1.165) is 10.6 Å². The van der Waals surface area contributed by atoms with Crippen LogP contribution in [0.2, 0.25) is 5.02 Å². The first kappa shape index (κ1) is 29.3. The van der Waals surface area contributed by atoms with E-state index in [1.165, 1.54) is 31.3 Å². The van der Waals surface area contributed by atoms with Crippen molar-refractivity contribution in [3.05, 3.63) is 53.1 Å². The Bertz CT molecular complexity index is 1170. The molecule has 0 bridgehead atoms. The monoisotopic (exact) mass is 539 g/mol. The lowest BCUT2D eigenvalue weighted by Gasteiger charge is -2.31. The van der Waals surface area contributed by atoms with Gasteiger partial charge < -0.3 is 19.7 Å². The van der Waals surface area contributed by atoms with Crippen LogP contribution in [-0.2, 0) is 26.2 Å². The average molecular weight is 540 g/mol. The van der Waals surface area contributed by atoms with Gasteiger partial charge in [-0.2, -0.15) is 0 Å². The molecule has 2 amide bonds. The average Bonchev–Trinajstić information content (AvgIpc) is 2.82. The molecule has 2 aromatic carbocycles. The Morgan fingerprint density at radius 1 is 1.03 bits per heavy atom. The fourth-order valence-corrected chi connectivity index (χ4v) is 4.52. The normalized spacial score (nSPS) is 12.1. The Morgan fingerprint density at radius 3 is 2.25 bits per heavy atom. The van der Waals surface area contributed by atoms with Gasteiger partial charge in [0.2, 0.25) is 21.8 Å². The van der Waals surface area contributed by atoms with Crippen LogP contribution in [-0.4, -0.2) is 64.7 Å². The van der Waals surface area contributed by atoms with Gasteiger partial charge in [-0.05, 0) is 42.7 Å². The maximum absolute atomic E-state index is 13.6. The van der Waals surface area contributed by atoms with Crippen LogP contribution in [0.4, 0.5) is 5.69 Å². The van der Waals surface area contributed by atoms with Crippen LogP contribution >= 0.6 is 11.6 Å². The van der Waals surface area contributed by atoms with Crippen LogP contribution in [0, 0.1) is 5.92 Å². The highest BCUT2D eigenvalue weighted by Gasteiger charge is 2.30. The molecule has 0 spiro atoms. The number of carbonyl (C=O) groups excluding carboxylic acids is 2. The molecular weight excluding hydrogens is 506 g/mol. The summed E-state index contributed by atoms with van der Waals surface area (Å²) in [7, 11) is -0.971. The van der Waals surface area contributed by atoms with E-state index in [0.29, 0.717) is 28.6 Å². The first-order chi connectivity index (χ1) is 16.9. The third kappa shape index (κ3) is 8.03. The molecular formula is C25H34ClN3O6S. The standard InChI is InChI=1S/C25H34ClN3O6S/c1-17(2)14-27-25(31)18(3)28(15-19-8-7-9-20(26)12-19)24(30)16-29(36(6,32)33)21-10-11-22(34-4)23(13-21)35-5/h7-13,17-18H,14-16H2,1-6H3,(H,27,31)/t18-/m1/s1. The van der Waals surface area contributed by atoms with Crippen molar-refractivity contribution in [1.82, 2.24) is 10.2 Å². The van der Waals surface area contributed by atoms with Gasteiger partial charge in [0.25, 0.3) is 0 Å². The molecule has 0 radical (unpaired) electrons. The molecule has 0 unspecified atom stereocenters. The molecule has 0 fully saturated rings. The SMILES string of the molecule is COc1ccc(N(CC(=O)N(Cc2cccc(Cl)c2)[C@H](C)C(=O)NCC(C)C)S(C)(=O)=O)cc1OC. The Kier molecular flexibility index (Phi) is 10.4. The van der Waals surface area contributed by atoms with Gasteiger partial charge in [-0.1, -0.05) is 37.6 Å². The van der Waals surface area contributed by atoms with E-state index >= 15 is 0 Å². The smallest absolute Gasteiger partial charge is 0.244 e. The van der Waals surface area contributed by atoms with Crippen molar-refractivity contribution >= 4 is 39.1 Å². The summed E-state index contributed by atoms with van der Waals surface area (Å²) in [5.74, 6) is 0.0647. The number of nitrogens with zero attached hydrogens (tertiary/aromatic N) is 2. The number of ether oxygens (including phenoxy) is 2. The third-order valence-corrected chi connectivity index (χ3v) is 6.80. The highest BCUT2D eigenvalue weighted by atomic mass is 35.5. The zero-order chi connectivity index (χ0) is 27.0. The summed E-state index contributed by atoms with van der Waals surface area (Å²) < 4.78 is 36.9. The Balaban J connectivity index is 2.42. The first-order valence-electron chi connectivity index (χ1n) is 11.4. The molecule has 9 nitrogen and oxygen atoms in total. The van der Waals surface area contributed by atoms with Gasteiger partial charge in [-0.15, -0.1) is 0 Å². The minimum Gasteiger partial charge on any atom is -0.493 e. The molecule has 0 saturated carbocycles. The van der Waals surface area contributed by atoms with Crippen molar-refractivity contribution in [1.29, 1.82) is 0 Å². The summed E-state index contributed by atoms with van der Waals surface area (Å²) in [5, 5.41) is 3.32. The number of amides is 2. The summed E-state index contributed by atoms with van der Waals surface area (Å²) >= 11 is 6.12. The zero-order valence-electron chi connectivity index (χ0n) is 21.4. The van der Waals surface area contributed by atoms with Crippen molar-refractivity contribution in [2.45, 2.75) is 33.4 Å². The van der Waals surface area contributed by atoms with Crippen molar-refractivity contribution in [3.8, 4) is 11.5 Å². The number of hydrogen-bond acceptors (Lipinski definition) is 6. The lowest BCUT2D eigenvalue weighted by molar-refractivity contribution is -0.139. The molecule has 0 aliphatic carbocycles. The Labute approximate surface area is 218 Å². The summed E-state index contributed by atoms with van der Waals surface area (Å²) in [6, 6.07) is 10.6. The second kappa shape index (κ2) is 12.8. The van der Waals surface area contributed by atoms with Crippen LogP contribution in [0.5, 0.6) is 11.5 Å². The van der Waals surface area contributed by atoms with Crippen LogP contribution in [0.15, 0.2) is 42.5 Å². The molecule has 0 aromatic heterocycles. The van der Waals surface area contributed by atoms with E-state index in [2.05, 4.69) is 5.32 Å². The van der Waals surface area contributed by atoms with Crippen LogP contribution < -0.4 is 19.1 Å². The highest BCUT2D eigenvalue weighted by molar-refractivity contribution is 7.92. The second-order valence-corrected chi connectivity index (χ2v) is 11.1. The number of halogens is 1. The lowest BCUT2D eigenvalue weighted by atomic mass is 10.1. The van der Waals surface area contributed by atoms with E-state index in [1.807, 2.05) is 13.8 Å². The summed E-state index contributed by atoms with van der Waals surface area (Å²) in [6.07, 6.45) is 1.01. The van der Waals surface area contributed by atoms with Gasteiger partial charge in [0.15, 0.2) is 11.5 Å². The maximum atomic E-state index is 13.6. The van der Waals surface area contributed by atoms with E-state index in [-0.39, 0.29) is 24.1 Å². The minimum absolute atomic E-state index is 0.0686. The van der Waals surface area contributed by atoms with Gasteiger partial charge in [0.05, 0.1) is 26.2 Å². The quantitative estimate of drug-likeness (QED) is 0.443. The van der Waals surface area contributed by atoms with Crippen molar-refractivity contribution in [2.24, 2.45) is 5.92 Å². The third-order valence-electron chi connectivity index (χ3n) is 5.43. The number of anilines is 1. The first-order valence-corrected chi connectivity index (χ1v) is 13.6. The zero-order valence-corrected chi connectivity index (χ0v) is 23.0. The van der Waals surface area contributed by atoms with Gasteiger partial charge in [0.1, 0.15) is 12.6 Å². The molecule has 1 atom stereocenters. The second-order valence-electron chi connectivity index (χ2n) is 8.78. The molecule has 0 heterocycles. The molecule has 0 aliphatic rings. The van der Waals surface area contributed by atoms with Crippen LogP contribution in [0.1, 0.15) is 26.3 Å². The number of nitrogens with one attached hydrogen (secondary N) is 1. The van der Waals surface area contributed by atoms with Crippen molar-refractivity contribution < 1.29 is 27.5 Å². The van der Waals surface area contributed by atoms with Crippen molar-refractivity contribution in [3.63, 3.8) is 0 Å². The van der Waals surface area contributed by atoms with E-state index in [1.54, 1.807) is 37.3 Å². The summed E-state index contributed by atoms with van der Waals surface area (Å²) in [4.78, 5) is 27.8. The van der Waals surface area contributed by atoms with Gasteiger partial charge in [0, 0.05) is 24.2 Å². The fraction of sp³-hybridized carbons (Fsp3) is 0.440. The van der Waals surface area contributed by atoms with Crippen LogP contribution in [0.3, 0.4) is 0 Å². The minimum atomic E-state index is -3.87. The van der Waals surface area contributed by atoms with Crippen molar-refractivity contribution in [2.75, 3.05) is 37.9 Å². The molecule has 1 N–H and O–H groups in total. The predicted octanol–water partition coefficient (Wildman–Crippen LogP) is 3.31. The summed E-state index contributed by atoms with van der Waals surface area (Å²) in [6.45, 7) is 5.54. The van der Waals surface area contributed by atoms with Gasteiger partial charge in [-0.3, -0.25) is 13.9 Å².